The maximum atomic E-state index is 13.0. The lowest BCUT2D eigenvalue weighted by molar-refractivity contribution is 0.0772. The Morgan fingerprint density at radius 3 is 2.50 bits per heavy atom. The van der Waals surface area contributed by atoms with E-state index in [9.17, 15) is 4.79 Å². The summed E-state index contributed by atoms with van der Waals surface area (Å²) in [6.45, 7) is 5.22. The number of carbonyl (C=O) groups excluding carboxylic acids is 1. The molecule has 0 atom stereocenters. The van der Waals surface area contributed by atoms with Crippen molar-refractivity contribution >= 4 is 17.5 Å². The highest BCUT2D eigenvalue weighted by atomic mass is 35.5. The summed E-state index contributed by atoms with van der Waals surface area (Å²) in [7, 11) is 1.78. The van der Waals surface area contributed by atoms with Crippen LogP contribution in [0.25, 0.3) is 0 Å². The van der Waals surface area contributed by atoms with Gasteiger partial charge in [-0.05, 0) is 37.6 Å². The highest BCUT2D eigenvalue weighted by molar-refractivity contribution is 6.31. The van der Waals surface area contributed by atoms with E-state index in [0.29, 0.717) is 36.0 Å². The van der Waals surface area contributed by atoms with E-state index in [4.69, 9.17) is 16.3 Å². The lowest BCUT2D eigenvalue weighted by Gasteiger charge is -2.18. The molecule has 0 N–H and O–H groups in total. The number of aryl methyl sites for hydroxylation is 1. The number of nitrogens with zero attached hydrogens (tertiary/aromatic N) is 3. The Bertz CT molecular complexity index is 954. The first-order valence-corrected chi connectivity index (χ1v) is 9.56. The van der Waals surface area contributed by atoms with Gasteiger partial charge in [0.1, 0.15) is 12.4 Å². The molecule has 1 heterocycles. The van der Waals surface area contributed by atoms with Crippen LogP contribution >= 0.6 is 11.6 Å². The van der Waals surface area contributed by atoms with Crippen molar-refractivity contribution in [3.05, 3.63) is 82.1 Å². The molecule has 0 aliphatic carbocycles. The smallest absolute Gasteiger partial charge is 0.257 e. The summed E-state index contributed by atoms with van der Waals surface area (Å²) in [6, 6.07) is 17.2. The average molecular weight is 398 g/mol. The number of benzene rings is 2. The van der Waals surface area contributed by atoms with Crippen molar-refractivity contribution in [3.63, 3.8) is 0 Å². The number of carbonyl (C=O) groups is 1. The summed E-state index contributed by atoms with van der Waals surface area (Å²) < 4.78 is 7.52. The second kappa shape index (κ2) is 8.93. The maximum Gasteiger partial charge on any atom is 0.257 e. The van der Waals surface area contributed by atoms with Crippen LogP contribution in [0.1, 0.15) is 27.3 Å². The molecular weight excluding hydrogens is 374 g/mol. The van der Waals surface area contributed by atoms with Crippen molar-refractivity contribution in [1.29, 1.82) is 0 Å². The van der Waals surface area contributed by atoms with Gasteiger partial charge in [-0.2, -0.15) is 5.10 Å². The monoisotopic (exact) mass is 397 g/mol. The van der Waals surface area contributed by atoms with Gasteiger partial charge in [0, 0.05) is 17.8 Å². The Labute approximate surface area is 170 Å². The van der Waals surface area contributed by atoms with Gasteiger partial charge in [-0.25, -0.2) is 0 Å². The number of amides is 1. The predicted octanol–water partition coefficient (Wildman–Crippen LogP) is 4.35. The number of para-hydroxylation sites is 1. The van der Waals surface area contributed by atoms with Crippen molar-refractivity contribution < 1.29 is 9.53 Å². The van der Waals surface area contributed by atoms with Gasteiger partial charge in [-0.1, -0.05) is 48.0 Å². The van der Waals surface area contributed by atoms with E-state index in [2.05, 4.69) is 5.10 Å². The number of aromatic nitrogens is 2. The SMILES string of the molecule is Cc1nn(Cc2ccccc2Cl)c(C)c1C(=O)N(C)CCOc1ccccc1. The highest BCUT2D eigenvalue weighted by Crippen LogP contribution is 2.20. The third kappa shape index (κ3) is 4.54. The van der Waals surface area contributed by atoms with Crippen LogP contribution in [0.3, 0.4) is 0 Å². The number of halogens is 1. The minimum absolute atomic E-state index is 0.0583. The van der Waals surface area contributed by atoms with Crippen molar-refractivity contribution in [3.8, 4) is 5.75 Å². The van der Waals surface area contributed by atoms with Crippen LogP contribution in [0.2, 0.25) is 5.02 Å². The van der Waals surface area contributed by atoms with Gasteiger partial charge < -0.3 is 9.64 Å². The molecule has 5 nitrogen and oxygen atoms in total. The third-order valence-electron chi connectivity index (χ3n) is 4.66. The van der Waals surface area contributed by atoms with Crippen LogP contribution in [0.5, 0.6) is 5.75 Å². The van der Waals surface area contributed by atoms with Crippen LogP contribution in [0.15, 0.2) is 54.6 Å². The largest absolute Gasteiger partial charge is 0.492 e. The number of hydrogen-bond donors (Lipinski definition) is 0. The Hall–Kier alpha value is -2.79. The Balaban J connectivity index is 1.67. The van der Waals surface area contributed by atoms with Crippen LogP contribution in [0.4, 0.5) is 0 Å². The molecule has 0 spiro atoms. The zero-order valence-electron chi connectivity index (χ0n) is 16.4. The lowest BCUT2D eigenvalue weighted by Crippen LogP contribution is -2.31. The standard InChI is InChI=1S/C22H24ClN3O2/c1-16-21(17(2)26(24-16)15-18-9-7-8-12-20(18)23)22(27)25(3)13-14-28-19-10-5-4-6-11-19/h4-12H,13-15H2,1-3H3. The predicted molar refractivity (Wildman–Crippen MR) is 111 cm³/mol. The molecule has 1 aromatic heterocycles. The zero-order valence-corrected chi connectivity index (χ0v) is 17.1. The van der Waals surface area contributed by atoms with Crippen LogP contribution in [0, 0.1) is 13.8 Å². The van der Waals surface area contributed by atoms with Crippen molar-refractivity contribution in [2.24, 2.45) is 0 Å². The van der Waals surface area contributed by atoms with Crippen LogP contribution in [-0.2, 0) is 6.54 Å². The normalized spacial score (nSPS) is 10.7. The molecule has 28 heavy (non-hydrogen) atoms. The van der Waals surface area contributed by atoms with E-state index in [1.165, 1.54) is 0 Å². The molecule has 2 aromatic carbocycles. The van der Waals surface area contributed by atoms with Gasteiger partial charge in [0.25, 0.3) is 5.91 Å². The van der Waals surface area contributed by atoms with Crippen molar-refractivity contribution in [2.45, 2.75) is 20.4 Å². The van der Waals surface area contributed by atoms with E-state index >= 15 is 0 Å². The van der Waals surface area contributed by atoms with Crippen LogP contribution < -0.4 is 4.74 Å². The second-order valence-corrected chi connectivity index (χ2v) is 7.09. The van der Waals surface area contributed by atoms with Crippen molar-refractivity contribution in [1.82, 2.24) is 14.7 Å². The molecule has 6 heteroatoms. The molecule has 1 amide bonds. The number of ether oxygens (including phenoxy) is 1. The second-order valence-electron chi connectivity index (χ2n) is 6.68. The van der Waals surface area contributed by atoms with E-state index in [-0.39, 0.29) is 5.91 Å². The molecule has 3 aromatic rings. The minimum Gasteiger partial charge on any atom is -0.492 e. The fourth-order valence-corrected chi connectivity index (χ4v) is 3.25. The molecule has 0 saturated carbocycles. The van der Waals surface area contributed by atoms with Gasteiger partial charge in [0.2, 0.25) is 0 Å². The third-order valence-corrected chi connectivity index (χ3v) is 5.03. The lowest BCUT2D eigenvalue weighted by atomic mass is 10.1. The van der Waals surface area contributed by atoms with E-state index in [1.807, 2.05) is 73.1 Å². The Morgan fingerprint density at radius 1 is 1.11 bits per heavy atom. The van der Waals surface area contributed by atoms with Gasteiger partial charge in [0.15, 0.2) is 0 Å². The van der Waals surface area contributed by atoms with Gasteiger partial charge in [-0.3, -0.25) is 9.48 Å². The summed E-state index contributed by atoms with van der Waals surface area (Å²) in [5.41, 5.74) is 3.15. The number of rotatable bonds is 7. The summed E-state index contributed by atoms with van der Waals surface area (Å²) in [5, 5.41) is 5.25. The Morgan fingerprint density at radius 2 is 1.79 bits per heavy atom. The molecule has 0 aliphatic heterocycles. The van der Waals surface area contributed by atoms with Gasteiger partial charge >= 0.3 is 0 Å². The maximum absolute atomic E-state index is 13.0. The summed E-state index contributed by atoms with van der Waals surface area (Å²) in [5.74, 6) is 0.736. The molecule has 146 valence electrons. The molecule has 0 radical (unpaired) electrons. The summed E-state index contributed by atoms with van der Waals surface area (Å²) in [6.07, 6.45) is 0. The fourth-order valence-electron chi connectivity index (χ4n) is 3.06. The minimum atomic E-state index is -0.0583. The zero-order chi connectivity index (χ0) is 20.1. The van der Waals surface area contributed by atoms with E-state index < -0.39 is 0 Å². The summed E-state index contributed by atoms with van der Waals surface area (Å²) in [4.78, 5) is 14.6. The average Bonchev–Trinajstić information content (AvgIpc) is 2.97. The first-order chi connectivity index (χ1) is 13.5. The quantitative estimate of drug-likeness (QED) is 0.595. The topological polar surface area (TPSA) is 47.4 Å². The molecule has 0 unspecified atom stereocenters. The number of likely N-dealkylation sites (N-methyl/N-ethyl adjacent to an activating group) is 1. The Kier molecular flexibility index (Phi) is 6.37. The summed E-state index contributed by atoms with van der Waals surface area (Å²) >= 11 is 6.26. The first kappa shape index (κ1) is 20.0. The molecule has 0 aliphatic rings. The van der Waals surface area contributed by atoms with Crippen LogP contribution in [-0.4, -0.2) is 40.8 Å². The van der Waals surface area contributed by atoms with Gasteiger partial charge in [-0.15, -0.1) is 0 Å². The molecule has 0 fully saturated rings. The molecule has 3 rings (SSSR count). The first-order valence-electron chi connectivity index (χ1n) is 9.18. The van der Waals surface area contributed by atoms with Crippen molar-refractivity contribution in [2.75, 3.05) is 20.2 Å². The van der Waals surface area contributed by atoms with Gasteiger partial charge in [0.05, 0.1) is 24.3 Å². The highest BCUT2D eigenvalue weighted by Gasteiger charge is 2.22. The molecular formula is C22H24ClN3O2. The molecule has 0 bridgehead atoms. The molecule has 0 saturated heterocycles. The number of hydrogen-bond acceptors (Lipinski definition) is 3. The van der Waals surface area contributed by atoms with E-state index in [0.717, 1.165) is 17.0 Å². The van der Waals surface area contributed by atoms with E-state index in [1.54, 1.807) is 11.9 Å². The fraction of sp³-hybridized carbons (Fsp3) is 0.273.